The molecule has 0 fully saturated rings. The maximum absolute atomic E-state index is 12.1. The van der Waals surface area contributed by atoms with Crippen LogP contribution < -0.4 is 5.43 Å². The summed E-state index contributed by atoms with van der Waals surface area (Å²) >= 11 is 1.07. The number of hydrogen-bond donors (Lipinski definition) is 1. The largest absolute Gasteiger partial charge is 0.280 e. The summed E-state index contributed by atoms with van der Waals surface area (Å²) in [6, 6.07) is 0. The Morgan fingerprint density at radius 2 is 2.11 bits per heavy atom. The van der Waals surface area contributed by atoms with Gasteiger partial charge in [-0.2, -0.15) is 5.10 Å². The Balaban J connectivity index is 2.63. The molecule has 0 saturated heterocycles. The first-order valence-corrected chi connectivity index (χ1v) is 9.85. The van der Waals surface area contributed by atoms with Crippen LogP contribution in [0.4, 0.5) is 0 Å². The lowest BCUT2D eigenvalue weighted by Gasteiger charge is -2.11. The van der Waals surface area contributed by atoms with Gasteiger partial charge in [-0.1, -0.05) is 39.0 Å². The van der Waals surface area contributed by atoms with Gasteiger partial charge in [0, 0.05) is 5.25 Å². The van der Waals surface area contributed by atoms with E-state index in [1.165, 1.54) is 0 Å². The molecule has 5 nitrogen and oxygen atoms in total. The molecule has 0 aromatic rings. The van der Waals surface area contributed by atoms with Crippen LogP contribution in [0.3, 0.4) is 0 Å². The molecule has 106 valence electrons. The highest BCUT2D eigenvalue weighted by Crippen LogP contribution is 2.26. The summed E-state index contributed by atoms with van der Waals surface area (Å²) in [6.45, 7) is 5.75. The zero-order valence-electron chi connectivity index (χ0n) is 10.9. The van der Waals surface area contributed by atoms with Crippen molar-refractivity contribution < 1.29 is 12.6 Å². The number of sulfone groups is 1. The van der Waals surface area contributed by atoms with Crippen molar-refractivity contribution in [2.24, 2.45) is 5.10 Å². The number of thioether (sulfide) groups is 1. The molecule has 1 heterocycles. The summed E-state index contributed by atoms with van der Waals surface area (Å²) in [7, 11) is -4.43. The predicted molar refractivity (Wildman–Crippen MR) is 78.5 cm³/mol. The van der Waals surface area contributed by atoms with Gasteiger partial charge in [-0.3, -0.25) is 9.63 Å². The normalized spacial score (nSPS) is 23.3. The maximum atomic E-state index is 12.1. The molecule has 0 radical (unpaired) electrons. The van der Waals surface area contributed by atoms with Crippen molar-refractivity contribution in [2.45, 2.75) is 50.0 Å². The maximum Gasteiger partial charge on any atom is 0.197 e. The lowest BCUT2D eigenvalue weighted by atomic mass is 10.3. The van der Waals surface area contributed by atoms with Gasteiger partial charge in [0.2, 0.25) is 0 Å². The molecule has 1 N–H and O–H groups in total. The zero-order valence-corrected chi connectivity index (χ0v) is 13.3. The van der Waals surface area contributed by atoms with E-state index < -0.39 is 25.3 Å². The highest BCUT2D eigenvalue weighted by molar-refractivity contribution is 8.37. The number of hydrazone groups is 1. The molecular formula is C10H20N2O3S3. The van der Waals surface area contributed by atoms with E-state index in [1.54, 1.807) is 0 Å². The van der Waals surface area contributed by atoms with E-state index in [-0.39, 0.29) is 11.0 Å². The number of nitrogens with one attached hydrogen (secondary N) is 1. The average Bonchev–Trinajstić information content (AvgIpc) is 2.78. The van der Waals surface area contributed by atoms with Crippen LogP contribution in [0, 0.1) is 0 Å². The van der Waals surface area contributed by atoms with E-state index in [0.29, 0.717) is 10.8 Å². The van der Waals surface area contributed by atoms with Crippen molar-refractivity contribution in [3.8, 4) is 0 Å². The van der Waals surface area contributed by atoms with E-state index in [0.717, 1.165) is 24.6 Å². The monoisotopic (exact) mass is 312 g/mol. The Labute approximate surface area is 116 Å². The summed E-state index contributed by atoms with van der Waals surface area (Å²) < 4.78 is 35.4. The van der Waals surface area contributed by atoms with Crippen LogP contribution in [0.15, 0.2) is 5.10 Å². The van der Waals surface area contributed by atoms with Gasteiger partial charge in [0.15, 0.2) is 18.9 Å². The molecule has 0 aromatic heterocycles. The SMILES string of the molecule is CCCC(C)S(=O)C1=NNC(S(=O)(=O)CCC)S1. The summed E-state index contributed by atoms with van der Waals surface area (Å²) in [6.07, 6.45) is 2.38. The van der Waals surface area contributed by atoms with E-state index in [2.05, 4.69) is 10.5 Å². The molecule has 8 heteroatoms. The van der Waals surface area contributed by atoms with E-state index in [4.69, 9.17) is 0 Å². The average molecular weight is 312 g/mol. The molecule has 0 bridgehead atoms. The molecular weight excluding hydrogens is 292 g/mol. The Morgan fingerprint density at radius 3 is 2.67 bits per heavy atom. The Bertz CT molecular complexity index is 434. The van der Waals surface area contributed by atoms with Gasteiger partial charge < -0.3 is 0 Å². The molecule has 0 aliphatic carbocycles. The van der Waals surface area contributed by atoms with Crippen molar-refractivity contribution in [3.05, 3.63) is 0 Å². The van der Waals surface area contributed by atoms with E-state index >= 15 is 0 Å². The minimum Gasteiger partial charge on any atom is -0.280 e. The van der Waals surface area contributed by atoms with Crippen LogP contribution in [0.5, 0.6) is 0 Å². The van der Waals surface area contributed by atoms with Gasteiger partial charge in [-0.05, 0) is 12.8 Å². The molecule has 1 rings (SSSR count). The topological polar surface area (TPSA) is 75.6 Å². The van der Waals surface area contributed by atoms with Crippen LogP contribution in [0.1, 0.15) is 40.0 Å². The fourth-order valence-corrected chi connectivity index (χ4v) is 6.39. The second kappa shape index (κ2) is 6.91. The third-order valence-corrected chi connectivity index (χ3v) is 8.22. The van der Waals surface area contributed by atoms with Gasteiger partial charge >= 0.3 is 0 Å². The Morgan fingerprint density at radius 1 is 1.44 bits per heavy atom. The van der Waals surface area contributed by atoms with Gasteiger partial charge in [0.25, 0.3) is 0 Å². The lowest BCUT2D eigenvalue weighted by molar-refractivity contribution is 0.584. The van der Waals surface area contributed by atoms with Gasteiger partial charge in [0.05, 0.1) is 16.6 Å². The van der Waals surface area contributed by atoms with Crippen LogP contribution >= 0.6 is 11.8 Å². The number of rotatable bonds is 6. The third kappa shape index (κ3) is 3.96. The fourth-order valence-electron chi connectivity index (χ4n) is 1.57. The Hall–Kier alpha value is -0.0800. The van der Waals surface area contributed by atoms with Crippen LogP contribution in [-0.2, 0) is 20.6 Å². The van der Waals surface area contributed by atoms with Crippen molar-refractivity contribution in [3.63, 3.8) is 0 Å². The second-order valence-corrected chi connectivity index (χ2v) is 9.86. The summed E-state index contributed by atoms with van der Waals surface area (Å²) in [5.41, 5.74) is 2.58. The van der Waals surface area contributed by atoms with Crippen molar-refractivity contribution in [2.75, 3.05) is 5.75 Å². The third-order valence-electron chi connectivity index (χ3n) is 2.52. The summed E-state index contributed by atoms with van der Waals surface area (Å²) in [5.74, 6) is 0.123. The summed E-state index contributed by atoms with van der Waals surface area (Å²) in [4.78, 5) is 0. The number of nitrogens with zero attached hydrogens (tertiary/aromatic N) is 1. The fraction of sp³-hybridized carbons (Fsp3) is 0.900. The molecule has 0 saturated carbocycles. The molecule has 18 heavy (non-hydrogen) atoms. The van der Waals surface area contributed by atoms with Gasteiger partial charge in [-0.15, -0.1) is 0 Å². The molecule has 3 unspecified atom stereocenters. The first-order valence-electron chi connectivity index (χ1n) is 6.04. The van der Waals surface area contributed by atoms with Crippen LogP contribution in [-0.4, -0.2) is 32.7 Å². The minimum atomic E-state index is -3.21. The van der Waals surface area contributed by atoms with Gasteiger partial charge in [0.1, 0.15) is 0 Å². The lowest BCUT2D eigenvalue weighted by Crippen LogP contribution is -2.29. The molecule has 0 aromatic carbocycles. The van der Waals surface area contributed by atoms with E-state index in [1.807, 2.05) is 20.8 Å². The molecule has 0 amide bonds. The van der Waals surface area contributed by atoms with Crippen LogP contribution in [0.2, 0.25) is 0 Å². The highest BCUT2D eigenvalue weighted by atomic mass is 32.3. The smallest absolute Gasteiger partial charge is 0.197 e. The quantitative estimate of drug-likeness (QED) is 0.807. The standard InChI is InChI=1S/C10H20N2O3S3/c1-4-6-8(3)17(13)9-11-12-10(16-9)18(14,15)7-5-2/h8,10,12H,4-7H2,1-3H3. The van der Waals surface area contributed by atoms with Crippen molar-refractivity contribution in [1.82, 2.24) is 5.43 Å². The molecule has 1 aliphatic rings. The van der Waals surface area contributed by atoms with Crippen molar-refractivity contribution >= 4 is 36.8 Å². The predicted octanol–water partition coefficient (Wildman–Crippen LogP) is 1.64. The number of hydrogen-bond acceptors (Lipinski definition) is 6. The second-order valence-electron chi connectivity index (χ2n) is 4.22. The van der Waals surface area contributed by atoms with E-state index in [9.17, 15) is 12.6 Å². The molecule has 0 spiro atoms. The highest BCUT2D eigenvalue weighted by Gasteiger charge is 2.34. The zero-order chi connectivity index (χ0) is 13.8. The van der Waals surface area contributed by atoms with Crippen molar-refractivity contribution in [1.29, 1.82) is 0 Å². The first kappa shape index (κ1) is 16.0. The molecule has 1 aliphatic heterocycles. The van der Waals surface area contributed by atoms with Crippen LogP contribution in [0.25, 0.3) is 0 Å². The minimum absolute atomic E-state index is 0.00989. The Kier molecular flexibility index (Phi) is 6.13. The summed E-state index contributed by atoms with van der Waals surface area (Å²) in [5, 5.41) is 3.93. The first-order chi connectivity index (χ1) is 8.42. The molecule has 3 atom stereocenters. The van der Waals surface area contributed by atoms with Gasteiger partial charge in [-0.25, -0.2) is 8.42 Å².